The Morgan fingerprint density at radius 3 is 2.66 bits per heavy atom. The molecule has 4 rings (SSSR count). The predicted molar refractivity (Wildman–Crippen MR) is 168 cm³/mol. The zero-order chi connectivity index (χ0) is 29.2. The lowest BCUT2D eigenvalue weighted by atomic mass is 10.1. The van der Waals surface area contributed by atoms with Crippen LogP contribution in [0.4, 0.5) is 5.69 Å². The van der Waals surface area contributed by atoms with E-state index >= 15 is 0 Å². The highest BCUT2D eigenvalue weighted by Gasteiger charge is 2.22. The SMILES string of the molecule is Cc1cccc(CCOc2cccc(N(CC(=O)NCc3c(C)cccc3Br)CC(=O)N3CC=CCC(N)C3)c2)c1. The Labute approximate surface area is 251 Å². The fraction of sp³-hybridized carbons (Fsp3) is 0.333. The van der Waals surface area contributed by atoms with Gasteiger partial charge >= 0.3 is 0 Å². The van der Waals surface area contributed by atoms with E-state index in [0.29, 0.717) is 32.0 Å². The molecule has 0 bridgehead atoms. The average Bonchev–Trinajstić information content (AvgIpc) is 3.17. The Balaban J connectivity index is 1.46. The van der Waals surface area contributed by atoms with Crippen molar-refractivity contribution in [3.05, 3.63) is 106 Å². The molecule has 7 nitrogen and oxygen atoms in total. The lowest BCUT2D eigenvalue weighted by molar-refractivity contribution is -0.129. The molecule has 0 saturated carbocycles. The van der Waals surface area contributed by atoms with Crippen molar-refractivity contribution in [1.82, 2.24) is 10.2 Å². The van der Waals surface area contributed by atoms with Crippen LogP contribution in [0.3, 0.4) is 0 Å². The summed E-state index contributed by atoms with van der Waals surface area (Å²) < 4.78 is 7.03. The van der Waals surface area contributed by atoms with E-state index in [2.05, 4.69) is 52.4 Å². The van der Waals surface area contributed by atoms with Crippen LogP contribution in [-0.2, 0) is 22.6 Å². The van der Waals surface area contributed by atoms with Crippen LogP contribution in [0.5, 0.6) is 5.75 Å². The van der Waals surface area contributed by atoms with Gasteiger partial charge in [0.1, 0.15) is 5.75 Å². The molecule has 3 aromatic rings. The summed E-state index contributed by atoms with van der Waals surface area (Å²) in [6.45, 7) is 6.08. The molecule has 216 valence electrons. The summed E-state index contributed by atoms with van der Waals surface area (Å²) in [5.41, 5.74) is 11.5. The van der Waals surface area contributed by atoms with Crippen molar-refractivity contribution in [3.63, 3.8) is 0 Å². The molecule has 0 fully saturated rings. The number of benzene rings is 3. The number of amides is 2. The molecular formula is C33H39BrN4O3. The van der Waals surface area contributed by atoms with E-state index in [1.807, 2.05) is 61.5 Å². The van der Waals surface area contributed by atoms with Gasteiger partial charge in [-0.1, -0.05) is 76.1 Å². The van der Waals surface area contributed by atoms with Crippen LogP contribution in [0, 0.1) is 13.8 Å². The Hall–Kier alpha value is -3.62. The van der Waals surface area contributed by atoms with Crippen LogP contribution in [0.1, 0.15) is 28.7 Å². The van der Waals surface area contributed by atoms with E-state index < -0.39 is 0 Å². The highest BCUT2D eigenvalue weighted by molar-refractivity contribution is 9.10. The highest BCUT2D eigenvalue weighted by Crippen LogP contribution is 2.23. The molecule has 1 atom stereocenters. The van der Waals surface area contributed by atoms with Gasteiger partial charge in [0.2, 0.25) is 11.8 Å². The molecule has 1 aliphatic rings. The minimum Gasteiger partial charge on any atom is -0.493 e. The van der Waals surface area contributed by atoms with Gasteiger partial charge < -0.3 is 25.6 Å². The molecule has 1 unspecified atom stereocenters. The van der Waals surface area contributed by atoms with Crippen LogP contribution >= 0.6 is 15.9 Å². The summed E-state index contributed by atoms with van der Waals surface area (Å²) in [5, 5.41) is 3.02. The van der Waals surface area contributed by atoms with Crippen LogP contribution < -0.4 is 20.7 Å². The second-order valence-corrected chi connectivity index (χ2v) is 11.4. The Kier molecular flexibility index (Phi) is 11.0. The summed E-state index contributed by atoms with van der Waals surface area (Å²) in [4.78, 5) is 30.1. The molecule has 41 heavy (non-hydrogen) atoms. The van der Waals surface area contributed by atoms with E-state index in [-0.39, 0.29) is 30.9 Å². The second kappa shape index (κ2) is 14.8. The van der Waals surface area contributed by atoms with Crippen molar-refractivity contribution in [2.75, 3.05) is 37.7 Å². The molecule has 0 radical (unpaired) electrons. The maximum atomic E-state index is 13.4. The molecular weight excluding hydrogens is 580 g/mol. The van der Waals surface area contributed by atoms with Gasteiger partial charge in [0.05, 0.1) is 19.7 Å². The number of nitrogens with one attached hydrogen (secondary N) is 1. The van der Waals surface area contributed by atoms with Crippen LogP contribution in [-0.4, -0.2) is 55.5 Å². The topological polar surface area (TPSA) is 87.9 Å². The summed E-state index contributed by atoms with van der Waals surface area (Å²) in [6.07, 6.45) is 5.52. The number of rotatable bonds is 11. The number of hydrogen-bond acceptors (Lipinski definition) is 5. The minimum atomic E-state index is -0.175. The molecule has 1 aliphatic heterocycles. The molecule has 1 heterocycles. The standard InChI is InChI=1S/C33H39BrN4O3/c1-24-8-5-10-26(18-24)15-17-41-29-13-7-12-28(19-29)38(23-33(40)37-16-4-3-11-27(35)21-37)22-32(39)36-20-30-25(2)9-6-14-31(30)34/h3-10,12-14,18-19,27H,11,15-17,20-23,35H2,1-2H3,(H,36,39). The number of anilines is 1. The third kappa shape index (κ3) is 9.20. The number of aryl methyl sites for hydroxylation is 2. The van der Waals surface area contributed by atoms with E-state index in [9.17, 15) is 9.59 Å². The number of nitrogens with zero attached hydrogens (tertiary/aromatic N) is 2. The van der Waals surface area contributed by atoms with Crippen LogP contribution in [0.2, 0.25) is 0 Å². The molecule has 3 N–H and O–H groups in total. The Morgan fingerprint density at radius 2 is 1.85 bits per heavy atom. The number of carbonyl (C=O) groups is 2. The van der Waals surface area contributed by atoms with Gasteiger partial charge in [-0.05, 0) is 55.2 Å². The third-order valence-electron chi connectivity index (χ3n) is 7.14. The minimum absolute atomic E-state index is 0.0255. The molecule has 0 aliphatic carbocycles. The van der Waals surface area contributed by atoms with E-state index in [4.69, 9.17) is 10.5 Å². The fourth-order valence-electron chi connectivity index (χ4n) is 4.84. The largest absolute Gasteiger partial charge is 0.493 e. The zero-order valence-corrected chi connectivity index (χ0v) is 25.4. The summed E-state index contributed by atoms with van der Waals surface area (Å²) in [6, 6.07) is 21.8. The van der Waals surface area contributed by atoms with E-state index in [1.54, 1.807) is 9.80 Å². The number of hydrogen-bond donors (Lipinski definition) is 2. The normalized spacial score (nSPS) is 14.8. The van der Waals surface area contributed by atoms with Gasteiger partial charge in [-0.15, -0.1) is 0 Å². The van der Waals surface area contributed by atoms with Crippen molar-refractivity contribution >= 4 is 33.4 Å². The van der Waals surface area contributed by atoms with Crippen molar-refractivity contribution in [2.45, 2.75) is 39.3 Å². The third-order valence-corrected chi connectivity index (χ3v) is 7.88. The van der Waals surface area contributed by atoms with E-state index in [0.717, 1.165) is 34.1 Å². The van der Waals surface area contributed by atoms with Gasteiger partial charge in [-0.2, -0.15) is 0 Å². The monoisotopic (exact) mass is 618 g/mol. The number of ether oxygens (including phenoxy) is 1. The number of nitrogens with two attached hydrogens (primary N) is 1. The first-order chi connectivity index (χ1) is 19.8. The Bertz CT molecular complexity index is 1360. The highest BCUT2D eigenvalue weighted by atomic mass is 79.9. The predicted octanol–water partition coefficient (Wildman–Crippen LogP) is 4.93. The van der Waals surface area contributed by atoms with Crippen molar-refractivity contribution < 1.29 is 14.3 Å². The first-order valence-corrected chi connectivity index (χ1v) is 14.8. The smallest absolute Gasteiger partial charge is 0.242 e. The lowest BCUT2D eigenvalue weighted by Gasteiger charge is -2.29. The second-order valence-electron chi connectivity index (χ2n) is 10.5. The van der Waals surface area contributed by atoms with E-state index in [1.165, 1.54) is 11.1 Å². The zero-order valence-electron chi connectivity index (χ0n) is 23.8. The first-order valence-electron chi connectivity index (χ1n) is 14.0. The van der Waals surface area contributed by atoms with Crippen molar-refractivity contribution in [3.8, 4) is 5.75 Å². The van der Waals surface area contributed by atoms with Gasteiger partial charge in [0, 0.05) is 48.3 Å². The maximum absolute atomic E-state index is 13.4. The van der Waals surface area contributed by atoms with Gasteiger partial charge in [0.15, 0.2) is 0 Å². The first kappa shape index (κ1) is 30.3. The van der Waals surface area contributed by atoms with Gasteiger partial charge in [-0.25, -0.2) is 0 Å². The summed E-state index contributed by atoms with van der Waals surface area (Å²) in [5.74, 6) is 0.440. The van der Waals surface area contributed by atoms with Gasteiger partial charge in [0.25, 0.3) is 0 Å². The summed E-state index contributed by atoms with van der Waals surface area (Å²) in [7, 11) is 0. The summed E-state index contributed by atoms with van der Waals surface area (Å²) >= 11 is 3.58. The molecule has 8 heteroatoms. The number of carbonyl (C=O) groups excluding carboxylic acids is 2. The average molecular weight is 620 g/mol. The van der Waals surface area contributed by atoms with Crippen LogP contribution in [0.15, 0.2) is 83.4 Å². The lowest BCUT2D eigenvalue weighted by Crippen LogP contribution is -2.47. The molecule has 3 aromatic carbocycles. The number of halogens is 1. The molecule has 0 aromatic heterocycles. The molecule has 0 saturated heterocycles. The maximum Gasteiger partial charge on any atom is 0.242 e. The van der Waals surface area contributed by atoms with Gasteiger partial charge in [-0.3, -0.25) is 9.59 Å². The van der Waals surface area contributed by atoms with Crippen LogP contribution in [0.25, 0.3) is 0 Å². The molecule has 2 amide bonds. The Morgan fingerprint density at radius 1 is 1.05 bits per heavy atom. The van der Waals surface area contributed by atoms with Crippen molar-refractivity contribution in [1.29, 1.82) is 0 Å². The van der Waals surface area contributed by atoms with Crippen molar-refractivity contribution in [2.24, 2.45) is 5.73 Å². The quantitative estimate of drug-likeness (QED) is 0.298. The fourth-order valence-corrected chi connectivity index (χ4v) is 5.45. The molecule has 0 spiro atoms.